The molecule has 0 bridgehead atoms. The van der Waals surface area contributed by atoms with E-state index in [0.29, 0.717) is 24.5 Å². The maximum atomic E-state index is 11.1. The molecule has 0 amide bonds. The minimum absolute atomic E-state index is 0.0450. The van der Waals surface area contributed by atoms with Gasteiger partial charge in [0.2, 0.25) is 0 Å². The van der Waals surface area contributed by atoms with Crippen LogP contribution in [0, 0.1) is 0 Å². The molecule has 0 aliphatic carbocycles. The van der Waals surface area contributed by atoms with E-state index in [0.717, 1.165) is 0 Å². The number of nitrogens with two attached hydrogens (primary N) is 1. The van der Waals surface area contributed by atoms with Crippen LogP contribution in [0.25, 0.3) is 0 Å². The lowest BCUT2D eigenvalue weighted by molar-refractivity contribution is 0.0698. The van der Waals surface area contributed by atoms with Crippen LogP contribution in [0.4, 0.5) is 11.4 Å². The molecule has 0 saturated heterocycles. The van der Waals surface area contributed by atoms with Crippen LogP contribution in [0.1, 0.15) is 10.4 Å². The van der Waals surface area contributed by atoms with Crippen molar-refractivity contribution in [2.45, 2.75) is 6.54 Å². The zero-order valence-electron chi connectivity index (χ0n) is 9.88. The number of nitrogen functional groups attached to an aromatic ring is 1. The maximum Gasteiger partial charge on any atom is 0.337 e. The zero-order chi connectivity index (χ0) is 13.8. The Balaban J connectivity index is 2.12. The summed E-state index contributed by atoms with van der Waals surface area (Å²) >= 11 is 6.00. The molecular weight excluding hydrogens is 270 g/mol. The second-order valence-corrected chi connectivity index (χ2v) is 4.23. The van der Waals surface area contributed by atoms with Crippen molar-refractivity contribution in [2.75, 3.05) is 17.6 Å². The third-order valence-electron chi connectivity index (χ3n) is 2.46. The lowest BCUT2D eigenvalue weighted by Crippen LogP contribution is -2.14. The van der Waals surface area contributed by atoms with Crippen LogP contribution in [0.15, 0.2) is 24.5 Å². The molecule has 0 spiro atoms. The number of rotatable bonds is 5. The van der Waals surface area contributed by atoms with E-state index in [-0.39, 0.29) is 10.6 Å². The first-order valence-electron chi connectivity index (χ1n) is 5.48. The Morgan fingerprint density at radius 1 is 1.53 bits per heavy atom. The van der Waals surface area contributed by atoms with Gasteiger partial charge in [0.1, 0.15) is 0 Å². The van der Waals surface area contributed by atoms with Crippen LogP contribution in [0.2, 0.25) is 5.02 Å². The highest BCUT2D eigenvalue weighted by Crippen LogP contribution is 2.29. The third-order valence-corrected chi connectivity index (χ3v) is 2.76. The Hall–Kier alpha value is -2.28. The number of nitrogens with zero attached hydrogens (tertiary/aromatic N) is 3. The molecule has 1 aromatic carbocycles. The molecule has 8 heteroatoms. The highest BCUT2D eigenvalue weighted by molar-refractivity contribution is 6.34. The monoisotopic (exact) mass is 281 g/mol. The number of hydrogen-bond acceptors (Lipinski definition) is 5. The first-order valence-corrected chi connectivity index (χ1v) is 5.86. The van der Waals surface area contributed by atoms with E-state index < -0.39 is 5.97 Å². The van der Waals surface area contributed by atoms with Crippen molar-refractivity contribution in [3.05, 3.63) is 35.1 Å². The van der Waals surface area contributed by atoms with Crippen molar-refractivity contribution < 1.29 is 9.90 Å². The van der Waals surface area contributed by atoms with E-state index in [1.165, 1.54) is 12.1 Å². The zero-order valence-corrected chi connectivity index (χ0v) is 10.6. The summed E-state index contributed by atoms with van der Waals surface area (Å²) in [5.74, 6) is -1.09. The normalized spacial score (nSPS) is 10.4. The minimum atomic E-state index is -1.09. The summed E-state index contributed by atoms with van der Waals surface area (Å²) in [6.07, 6.45) is 3.28. The van der Waals surface area contributed by atoms with Crippen molar-refractivity contribution in [3.8, 4) is 0 Å². The largest absolute Gasteiger partial charge is 0.478 e. The molecule has 0 aliphatic rings. The summed E-state index contributed by atoms with van der Waals surface area (Å²) < 4.78 is 1.62. The van der Waals surface area contributed by atoms with Crippen molar-refractivity contribution >= 4 is 28.9 Å². The smallest absolute Gasteiger partial charge is 0.337 e. The topological polar surface area (TPSA) is 106 Å². The van der Waals surface area contributed by atoms with E-state index >= 15 is 0 Å². The first kappa shape index (κ1) is 13.2. The molecule has 0 aliphatic heterocycles. The predicted molar refractivity (Wildman–Crippen MR) is 71.3 cm³/mol. The Bertz CT molecular complexity index is 585. The highest BCUT2D eigenvalue weighted by atomic mass is 35.5. The number of nitrogens with one attached hydrogen (secondary N) is 1. The molecule has 4 N–H and O–H groups in total. The summed E-state index contributed by atoms with van der Waals surface area (Å²) in [5, 5.41) is 19.8. The van der Waals surface area contributed by atoms with E-state index in [2.05, 4.69) is 15.6 Å². The molecule has 19 heavy (non-hydrogen) atoms. The molecule has 0 radical (unpaired) electrons. The van der Waals surface area contributed by atoms with Gasteiger partial charge >= 0.3 is 5.97 Å². The second-order valence-electron chi connectivity index (χ2n) is 3.82. The lowest BCUT2D eigenvalue weighted by Gasteiger charge is -2.12. The molecule has 0 fully saturated rings. The van der Waals surface area contributed by atoms with Gasteiger partial charge in [0.05, 0.1) is 29.0 Å². The van der Waals surface area contributed by atoms with E-state index in [9.17, 15) is 4.79 Å². The average molecular weight is 282 g/mol. The first-order chi connectivity index (χ1) is 9.08. The minimum Gasteiger partial charge on any atom is -0.478 e. The van der Waals surface area contributed by atoms with E-state index in [4.69, 9.17) is 22.4 Å². The Morgan fingerprint density at radius 3 is 2.95 bits per heavy atom. The predicted octanol–water partition coefficient (Wildman–Crippen LogP) is 1.32. The van der Waals surface area contributed by atoms with Crippen LogP contribution in [-0.2, 0) is 6.54 Å². The van der Waals surface area contributed by atoms with E-state index in [1.807, 2.05) is 0 Å². The fourth-order valence-electron chi connectivity index (χ4n) is 1.62. The number of halogens is 1. The summed E-state index contributed by atoms with van der Waals surface area (Å²) in [4.78, 5) is 11.1. The summed E-state index contributed by atoms with van der Waals surface area (Å²) in [6.45, 7) is 1.01. The second kappa shape index (κ2) is 5.57. The fourth-order valence-corrected chi connectivity index (χ4v) is 1.92. The molecule has 100 valence electrons. The SMILES string of the molecule is Nc1cc(Cl)c(NCCn2ccnn2)c(C(=O)O)c1. The molecule has 1 aromatic heterocycles. The molecule has 2 aromatic rings. The molecule has 0 atom stereocenters. The standard InChI is InChI=1S/C11H12ClN5O2/c12-9-6-7(13)5-8(11(18)19)10(9)14-1-3-17-4-2-15-16-17/h2,4-6,14H,1,3,13H2,(H,18,19). The van der Waals surface area contributed by atoms with Crippen molar-refractivity contribution in [1.82, 2.24) is 15.0 Å². The van der Waals surface area contributed by atoms with Gasteiger partial charge in [-0.15, -0.1) is 5.10 Å². The van der Waals surface area contributed by atoms with Gasteiger partial charge in [-0.2, -0.15) is 0 Å². The van der Waals surface area contributed by atoms with Crippen LogP contribution in [-0.4, -0.2) is 32.6 Å². The quantitative estimate of drug-likeness (QED) is 0.714. The summed E-state index contributed by atoms with van der Waals surface area (Å²) in [6, 6.07) is 2.87. The fraction of sp³-hybridized carbons (Fsp3) is 0.182. The van der Waals surface area contributed by atoms with Gasteiger partial charge in [0.25, 0.3) is 0 Å². The van der Waals surface area contributed by atoms with Crippen LogP contribution in [0.5, 0.6) is 0 Å². The maximum absolute atomic E-state index is 11.1. The molecule has 2 rings (SSSR count). The average Bonchev–Trinajstić information content (AvgIpc) is 2.84. The Labute approximate surface area is 114 Å². The number of aromatic carboxylic acids is 1. The van der Waals surface area contributed by atoms with E-state index in [1.54, 1.807) is 17.1 Å². The third kappa shape index (κ3) is 3.14. The van der Waals surface area contributed by atoms with Gasteiger partial charge in [-0.05, 0) is 12.1 Å². The lowest BCUT2D eigenvalue weighted by atomic mass is 10.1. The number of aromatic nitrogens is 3. The van der Waals surface area contributed by atoms with Crippen LogP contribution in [0.3, 0.4) is 0 Å². The molecule has 0 unspecified atom stereocenters. The molecule has 7 nitrogen and oxygen atoms in total. The molecule has 0 saturated carbocycles. The number of carbonyl (C=O) groups is 1. The number of hydrogen-bond donors (Lipinski definition) is 3. The van der Waals surface area contributed by atoms with Gasteiger partial charge in [-0.1, -0.05) is 16.8 Å². The number of carboxylic acid groups (broad SMARTS) is 1. The Kier molecular flexibility index (Phi) is 3.86. The Morgan fingerprint density at radius 2 is 2.32 bits per heavy atom. The van der Waals surface area contributed by atoms with Crippen LogP contribution < -0.4 is 11.1 Å². The van der Waals surface area contributed by atoms with Gasteiger partial charge in [0.15, 0.2) is 0 Å². The van der Waals surface area contributed by atoms with Crippen molar-refractivity contribution in [2.24, 2.45) is 0 Å². The highest BCUT2D eigenvalue weighted by Gasteiger charge is 2.14. The van der Waals surface area contributed by atoms with Gasteiger partial charge in [-0.25, -0.2) is 4.79 Å². The number of benzene rings is 1. The van der Waals surface area contributed by atoms with Gasteiger partial charge in [-0.3, -0.25) is 4.68 Å². The summed E-state index contributed by atoms with van der Waals surface area (Å²) in [7, 11) is 0. The van der Waals surface area contributed by atoms with Crippen molar-refractivity contribution in [1.29, 1.82) is 0 Å². The summed E-state index contributed by atoms with van der Waals surface area (Å²) in [5.41, 5.74) is 6.28. The number of carboxylic acids is 1. The van der Waals surface area contributed by atoms with Crippen LogP contribution >= 0.6 is 11.6 Å². The van der Waals surface area contributed by atoms with Gasteiger partial charge in [0, 0.05) is 18.4 Å². The number of anilines is 2. The molecule has 1 heterocycles. The molecular formula is C11H12ClN5O2. The van der Waals surface area contributed by atoms with Gasteiger partial charge < -0.3 is 16.2 Å². The van der Waals surface area contributed by atoms with Crippen molar-refractivity contribution in [3.63, 3.8) is 0 Å².